The molecule has 0 bridgehead atoms. The summed E-state index contributed by atoms with van der Waals surface area (Å²) >= 11 is 1.71. The maximum atomic E-state index is 12.9. The maximum absolute atomic E-state index is 12.9. The van der Waals surface area contributed by atoms with Gasteiger partial charge in [0.05, 0.1) is 13.2 Å². The van der Waals surface area contributed by atoms with E-state index in [0.717, 1.165) is 50.0 Å². The van der Waals surface area contributed by atoms with E-state index in [1.165, 1.54) is 0 Å². The fourth-order valence-electron chi connectivity index (χ4n) is 3.86. The molecule has 3 atom stereocenters. The van der Waals surface area contributed by atoms with Gasteiger partial charge in [0.1, 0.15) is 5.75 Å². The standard InChI is InChI=1S/C18H24N2O3S/c1-13-10-20(11-14(13)19-6-8-22-9-7-19)18(21)16-12-24-17-5-3-2-4-15(17)23-16/h2-5,13-14,16H,6-12H2,1H3/t13-,14-,16-/m1/s1. The first-order valence-electron chi connectivity index (χ1n) is 8.71. The third kappa shape index (κ3) is 3.15. The number of morpholine rings is 1. The van der Waals surface area contributed by atoms with Crippen molar-refractivity contribution in [1.82, 2.24) is 9.80 Å². The van der Waals surface area contributed by atoms with Crippen LogP contribution in [0.5, 0.6) is 5.75 Å². The van der Waals surface area contributed by atoms with Crippen molar-refractivity contribution in [3.8, 4) is 5.75 Å². The van der Waals surface area contributed by atoms with Gasteiger partial charge in [0, 0.05) is 42.9 Å². The molecule has 1 aromatic rings. The van der Waals surface area contributed by atoms with Crippen LogP contribution < -0.4 is 4.74 Å². The summed E-state index contributed by atoms with van der Waals surface area (Å²) in [6.45, 7) is 7.44. The monoisotopic (exact) mass is 348 g/mol. The molecule has 1 aromatic carbocycles. The van der Waals surface area contributed by atoms with Crippen LogP contribution in [0.3, 0.4) is 0 Å². The van der Waals surface area contributed by atoms with Crippen LogP contribution in [0.4, 0.5) is 0 Å². The van der Waals surface area contributed by atoms with Gasteiger partial charge in [-0.3, -0.25) is 9.69 Å². The number of ether oxygens (including phenoxy) is 2. The molecule has 1 amide bonds. The number of nitrogens with zero attached hydrogens (tertiary/aromatic N) is 2. The molecule has 0 spiro atoms. The minimum atomic E-state index is -0.361. The van der Waals surface area contributed by atoms with E-state index in [2.05, 4.69) is 11.8 Å². The van der Waals surface area contributed by atoms with Crippen molar-refractivity contribution >= 4 is 17.7 Å². The van der Waals surface area contributed by atoms with Crippen LogP contribution in [-0.2, 0) is 9.53 Å². The molecule has 0 saturated carbocycles. The van der Waals surface area contributed by atoms with Crippen molar-refractivity contribution in [3.05, 3.63) is 24.3 Å². The minimum absolute atomic E-state index is 0.139. The molecular weight excluding hydrogens is 324 g/mol. The van der Waals surface area contributed by atoms with Gasteiger partial charge in [-0.05, 0) is 18.1 Å². The van der Waals surface area contributed by atoms with Gasteiger partial charge in [-0.25, -0.2) is 0 Å². The molecule has 4 rings (SSSR count). The Morgan fingerprint density at radius 1 is 1.21 bits per heavy atom. The predicted molar refractivity (Wildman–Crippen MR) is 93.5 cm³/mol. The van der Waals surface area contributed by atoms with Gasteiger partial charge in [-0.15, -0.1) is 11.8 Å². The van der Waals surface area contributed by atoms with Crippen molar-refractivity contribution in [1.29, 1.82) is 0 Å². The Morgan fingerprint density at radius 2 is 2.00 bits per heavy atom. The second-order valence-corrected chi connectivity index (χ2v) is 7.86. The summed E-state index contributed by atoms with van der Waals surface area (Å²) in [7, 11) is 0. The van der Waals surface area contributed by atoms with E-state index in [1.54, 1.807) is 11.8 Å². The van der Waals surface area contributed by atoms with Crippen LogP contribution in [0, 0.1) is 5.92 Å². The summed E-state index contributed by atoms with van der Waals surface area (Å²) in [4.78, 5) is 18.5. The largest absolute Gasteiger partial charge is 0.479 e. The number of carbonyl (C=O) groups is 1. The van der Waals surface area contributed by atoms with Gasteiger partial charge in [0.15, 0.2) is 6.10 Å². The zero-order valence-corrected chi connectivity index (χ0v) is 14.8. The number of hydrogen-bond acceptors (Lipinski definition) is 5. The smallest absolute Gasteiger partial charge is 0.264 e. The first-order chi connectivity index (χ1) is 11.7. The Hall–Kier alpha value is -1.24. The van der Waals surface area contributed by atoms with Gasteiger partial charge in [0.25, 0.3) is 5.91 Å². The normalized spacial score (nSPS) is 30.7. The van der Waals surface area contributed by atoms with E-state index in [0.29, 0.717) is 17.7 Å². The second-order valence-electron chi connectivity index (χ2n) is 6.80. The molecule has 3 aliphatic rings. The topological polar surface area (TPSA) is 42.0 Å². The molecule has 2 saturated heterocycles. The fraction of sp³-hybridized carbons (Fsp3) is 0.611. The highest BCUT2D eigenvalue weighted by Crippen LogP contribution is 2.36. The van der Waals surface area contributed by atoms with Crippen molar-refractivity contribution < 1.29 is 14.3 Å². The van der Waals surface area contributed by atoms with E-state index in [4.69, 9.17) is 9.47 Å². The summed E-state index contributed by atoms with van der Waals surface area (Å²) in [5.74, 6) is 2.17. The number of hydrogen-bond donors (Lipinski definition) is 0. The van der Waals surface area contributed by atoms with Gasteiger partial charge >= 0.3 is 0 Å². The summed E-state index contributed by atoms with van der Waals surface area (Å²) < 4.78 is 11.4. The van der Waals surface area contributed by atoms with Crippen LogP contribution >= 0.6 is 11.8 Å². The molecule has 6 heteroatoms. The molecule has 0 unspecified atom stereocenters. The Labute approximate surface area is 147 Å². The number of benzene rings is 1. The highest BCUT2D eigenvalue weighted by atomic mass is 32.2. The van der Waals surface area contributed by atoms with E-state index in [1.807, 2.05) is 29.2 Å². The molecule has 0 aromatic heterocycles. The third-order valence-corrected chi connectivity index (χ3v) is 6.30. The highest BCUT2D eigenvalue weighted by Gasteiger charge is 2.40. The van der Waals surface area contributed by atoms with E-state index in [-0.39, 0.29) is 12.0 Å². The van der Waals surface area contributed by atoms with Crippen LogP contribution in [0.25, 0.3) is 0 Å². The molecule has 0 aliphatic carbocycles. The fourth-order valence-corrected chi connectivity index (χ4v) is 4.83. The maximum Gasteiger partial charge on any atom is 0.264 e. The van der Waals surface area contributed by atoms with Crippen molar-refractivity contribution in [2.24, 2.45) is 5.92 Å². The molecule has 5 nitrogen and oxygen atoms in total. The molecule has 0 N–H and O–H groups in total. The lowest BCUT2D eigenvalue weighted by molar-refractivity contribution is -0.137. The highest BCUT2D eigenvalue weighted by molar-refractivity contribution is 7.99. The van der Waals surface area contributed by atoms with E-state index < -0.39 is 0 Å². The van der Waals surface area contributed by atoms with Crippen molar-refractivity contribution in [3.63, 3.8) is 0 Å². The number of likely N-dealkylation sites (tertiary alicyclic amines) is 1. The first-order valence-corrected chi connectivity index (χ1v) is 9.70. The molecule has 24 heavy (non-hydrogen) atoms. The Kier molecular flexibility index (Phi) is 4.70. The number of carbonyl (C=O) groups excluding carboxylic acids is 1. The predicted octanol–water partition coefficient (Wildman–Crippen LogP) is 1.72. The average Bonchev–Trinajstić information content (AvgIpc) is 3.03. The van der Waals surface area contributed by atoms with Gasteiger partial charge < -0.3 is 14.4 Å². The molecular formula is C18H24N2O3S. The summed E-state index contributed by atoms with van der Waals surface area (Å²) in [5.41, 5.74) is 0. The van der Waals surface area contributed by atoms with Gasteiger partial charge in [-0.2, -0.15) is 0 Å². The SMILES string of the molecule is C[C@@H]1CN(C(=O)[C@H]2CSc3ccccc3O2)C[C@H]1N1CCOCC1. The molecule has 130 valence electrons. The molecule has 0 radical (unpaired) electrons. The Morgan fingerprint density at radius 3 is 2.83 bits per heavy atom. The average molecular weight is 348 g/mol. The van der Waals surface area contributed by atoms with Crippen LogP contribution in [-0.4, -0.2) is 73.0 Å². The van der Waals surface area contributed by atoms with Crippen LogP contribution in [0.15, 0.2) is 29.2 Å². The van der Waals surface area contributed by atoms with Crippen molar-refractivity contribution in [2.75, 3.05) is 45.1 Å². The number of para-hydroxylation sites is 1. The number of thioether (sulfide) groups is 1. The summed E-state index contributed by atoms with van der Waals surface area (Å²) in [6.07, 6.45) is -0.361. The second kappa shape index (κ2) is 6.94. The number of fused-ring (bicyclic) bond motifs is 1. The van der Waals surface area contributed by atoms with Gasteiger partial charge in [-0.1, -0.05) is 19.1 Å². The third-order valence-electron chi connectivity index (χ3n) is 5.18. The van der Waals surface area contributed by atoms with E-state index in [9.17, 15) is 4.79 Å². The summed E-state index contributed by atoms with van der Waals surface area (Å²) in [5, 5.41) is 0. The lowest BCUT2D eigenvalue weighted by Crippen LogP contribution is -2.48. The van der Waals surface area contributed by atoms with E-state index >= 15 is 0 Å². The minimum Gasteiger partial charge on any atom is -0.479 e. The first kappa shape index (κ1) is 16.2. The molecule has 3 aliphatic heterocycles. The quantitative estimate of drug-likeness (QED) is 0.814. The molecule has 2 fully saturated rings. The lowest BCUT2D eigenvalue weighted by Gasteiger charge is -2.34. The van der Waals surface area contributed by atoms with Crippen molar-refractivity contribution in [2.45, 2.75) is 24.0 Å². The van der Waals surface area contributed by atoms with Crippen LogP contribution in [0.2, 0.25) is 0 Å². The number of rotatable bonds is 2. The summed E-state index contributed by atoms with van der Waals surface area (Å²) in [6, 6.07) is 8.41. The number of amides is 1. The zero-order chi connectivity index (χ0) is 16.5. The molecule has 3 heterocycles. The van der Waals surface area contributed by atoms with Crippen LogP contribution in [0.1, 0.15) is 6.92 Å². The Bertz CT molecular complexity index is 606. The Balaban J connectivity index is 1.40. The lowest BCUT2D eigenvalue weighted by atomic mass is 10.0. The zero-order valence-electron chi connectivity index (χ0n) is 14.0. The van der Waals surface area contributed by atoms with Gasteiger partial charge in [0.2, 0.25) is 0 Å².